The molecule has 0 fully saturated rings. The summed E-state index contributed by atoms with van der Waals surface area (Å²) < 4.78 is 28.9. The molecule has 2 rings (SSSR count). The first kappa shape index (κ1) is 12.2. The molecule has 0 spiro atoms. The molecular weight excluding hydrogens is 436 g/mol. The van der Waals surface area contributed by atoms with Gasteiger partial charge in [0.15, 0.2) is 0 Å². The van der Waals surface area contributed by atoms with Crippen molar-refractivity contribution in [1.29, 1.82) is 0 Å². The summed E-state index contributed by atoms with van der Waals surface area (Å²) in [7, 11) is 0. The van der Waals surface area contributed by atoms with E-state index in [1.54, 1.807) is 24.3 Å². The maximum atomic E-state index is 13.7. The summed E-state index contributed by atoms with van der Waals surface area (Å²) in [4.78, 5) is 0. The third kappa shape index (κ3) is 2.22. The Labute approximate surface area is 119 Å². The van der Waals surface area contributed by atoms with Gasteiger partial charge in [-0.3, -0.25) is 0 Å². The van der Waals surface area contributed by atoms with Crippen LogP contribution in [0.2, 0.25) is 0 Å². The maximum absolute atomic E-state index is 13.7. The van der Waals surface area contributed by atoms with Crippen LogP contribution in [-0.2, 0) is 0 Å². The minimum Gasteiger partial charge on any atom is -0.206 e. The van der Waals surface area contributed by atoms with Gasteiger partial charge in [-0.1, -0.05) is 12.1 Å². The highest BCUT2D eigenvalue weighted by molar-refractivity contribution is 14.1. The van der Waals surface area contributed by atoms with Crippen molar-refractivity contribution in [1.82, 2.24) is 0 Å². The Morgan fingerprint density at radius 1 is 0.688 bits per heavy atom. The Bertz CT molecular complexity index is 449. The molecule has 0 atom stereocenters. The monoisotopic (exact) mass is 442 g/mol. The summed E-state index contributed by atoms with van der Waals surface area (Å²) in [5, 5.41) is 0. The van der Waals surface area contributed by atoms with Gasteiger partial charge in [0.05, 0.1) is 0 Å². The van der Waals surface area contributed by atoms with Crippen molar-refractivity contribution in [3.63, 3.8) is 0 Å². The first-order chi connectivity index (χ1) is 7.61. The highest BCUT2D eigenvalue weighted by atomic mass is 127. The maximum Gasteiger partial charge on any atom is 0.132 e. The molecule has 82 valence electrons. The summed E-state index contributed by atoms with van der Waals surface area (Å²) in [6.45, 7) is 0. The van der Waals surface area contributed by atoms with Gasteiger partial charge in [0.1, 0.15) is 11.6 Å². The standard InChI is InChI=1S/C12H6F2I2/c13-7-3-1-5-9(15)11(7)12-8(14)4-2-6-10(12)16/h1-6H. The molecule has 0 heterocycles. The van der Waals surface area contributed by atoms with E-state index in [2.05, 4.69) is 0 Å². The summed E-state index contributed by atoms with van der Waals surface area (Å²) in [6.07, 6.45) is 0. The first-order valence-corrected chi connectivity index (χ1v) is 6.65. The molecule has 0 unspecified atom stereocenters. The molecule has 0 bridgehead atoms. The van der Waals surface area contributed by atoms with Crippen LogP contribution in [0.5, 0.6) is 0 Å². The van der Waals surface area contributed by atoms with Crippen LogP contribution < -0.4 is 0 Å². The second kappa shape index (κ2) is 4.95. The molecule has 0 N–H and O–H groups in total. The molecule has 0 radical (unpaired) electrons. The van der Waals surface area contributed by atoms with Crippen molar-refractivity contribution in [2.75, 3.05) is 0 Å². The fourth-order valence-corrected chi connectivity index (χ4v) is 2.94. The lowest BCUT2D eigenvalue weighted by Gasteiger charge is -2.09. The number of halogens is 4. The Hall–Kier alpha value is -0.240. The predicted molar refractivity (Wildman–Crippen MR) is 77.2 cm³/mol. The van der Waals surface area contributed by atoms with E-state index in [1.165, 1.54) is 12.1 Å². The first-order valence-electron chi connectivity index (χ1n) is 4.49. The third-order valence-corrected chi connectivity index (χ3v) is 3.97. The summed E-state index contributed by atoms with van der Waals surface area (Å²) in [5.74, 6) is -0.787. The van der Waals surface area contributed by atoms with Crippen molar-refractivity contribution in [3.8, 4) is 11.1 Å². The highest BCUT2D eigenvalue weighted by Crippen LogP contribution is 2.33. The van der Waals surface area contributed by atoms with E-state index in [9.17, 15) is 8.78 Å². The molecule has 2 aromatic carbocycles. The lowest BCUT2D eigenvalue weighted by Crippen LogP contribution is -1.94. The SMILES string of the molecule is Fc1cccc(I)c1-c1c(F)cccc1I. The Morgan fingerprint density at radius 3 is 1.38 bits per heavy atom. The van der Waals surface area contributed by atoms with Gasteiger partial charge in [-0.05, 0) is 69.4 Å². The second-order valence-corrected chi connectivity index (χ2v) is 5.52. The summed E-state index contributed by atoms with van der Waals surface area (Å²) >= 11 is 4.03. The number of hydrogen-bond donors (Lipinski definition) is 0. The normalized spacial score (nSPS) is 10.5. The topological polar surface area (TPSA) is 0 Å². The zero-order chi connectivity index (χ0) is 11.7. The Balaban J connectivity index is 2.77. The van der Waals surface area contributed by atoms with Gasteiger partial charge in [0, 0.05) is 18.3 Å². The molecule has 0 saturated heterocycles. The molecule has 16 heavy (non-hydrogen) atoms. The van der Waals surface area contributed by atoms with E-state index in [4.69, 9.17) is 0 Å². The molecule has 0 aliphatic heterocycles. The van der Waals surface area contributed by atoms with Crippen molar-refractivity contribution in [3.05, 3.63) is 55.2 Å². The Kier molecular flexibility index (Phi) is 3.78. The highest BCUT2D eigenvalue weighted by Gasteiger charge is 2.15. The van der Waals surface area contributed by atoms with Crippen LogP contribution >= 0.6 is 45.2 Å². The van der Waals surface area contributed by atoms with Gasteiger partial charge in [0.2, 0.25) is 0 Å². The largest absolute Gasteiger partial charge is 0.206 e. The van der Waals surface area contributed by atoms with Crippen LogP contribution in [-0.4, -0.2) is 0 Å². The van der Waals surface area contributed by atoms with E-state index in [-0.39, 0.29) is 0 Å². The average molecular weight is 442 g/mol. The molecule has 0 aliphatic rings. The van der Waals surface area contributed by atoms with Crippen LogP contribution in [0.3, 0.4) is 0 Å². The molecule has 0 aliphatic carbocycles. The van der Waals surface area contributed by atoms with Crippen molar-refractivity contribution in [2.45, 2.75) is 0 Å². The van der Waals surface area contributed by atoms with E-state index in [0.717, 1.165) is 0 Å². The van der Waals surface area contributed by atoms with Gasteiger partial charge in [0.25, 0.3) is 0 Å². The van der Waals surface area contributed by atoms with E-state index < -0.39 is 11.6 Å². The number of hydrogen-bond acceptors (Lipinski definition) is 0. The minimum absolute atomic E-state index is 0.339. The third-order valence-electron chi connectivity index (χ3n) is 2.18. The van der Waals surface area contributed by atoms with Crippen LogP contribution in [0.1, 0.15) is 0 Å². The van der Waals surface area contributed by atoms with Crippen LogP contribution in [0, 0.1) is 18.8 Å². The fourth-order valence-electron chi connectivity index (χ4n) is 1.47. The number of benzene rings is 2. The Morgan fingerprint density at radius 2 is 1.06 bits per heavy atom. The van der Waals surface area contributed by atoms with E-state index in [1.807, 2.05) is 45.2 Å². The van der Waals surface area contributed by atoms with Crippen molar-refractivity contribution < 1.29 is 8.78 Å². The molecular formula is C12H6F2I2. The lowest BCUT2D eigenvalue weighted by molar-refractivity contribution is 0.615. The summed E-state index contributed by atoms with van der Waals surface area (Å²) in [5.41, 5.74) is 0.677. The molecule has 4 heteroatoms. The van der Waals surface area contributed by atoms with Crippen LogP contribution in [0.4, 0.5) is 8.78 Å². The smallest absolute Gasteiger partial charge is 0.132 e. The average Bonchev–Trinajstić information content (AvgIpc) is 2.21. The second-order valence-electron chi connectivity index (χ2n) is 3.19. The number of rotatable bonds is 1. The van der Waals surface area contributed by atoms with Crippen LogP contribution in [0.15, 0.2) is 36.4 Å². The molecule has 2 aromatic rings. The van der Waals surface area contributed by atoms with Crippen LogP contribution in [0.25, 0.3) is 11.1 Å². The van der Waals surface area contributed by atoms with Gasteiger partial charge in [-0.25, -0.2) is 8.78 Å². The minimum atomic E-state index is -0.394. The van der Waals surface area contributed by atoms with E-state index >= 15 is 0 Å². The predicted octanol–water partition coefficient (Wildman–Crippen LogP) is 4.84. The van der Waals surface area contributed by atoms with Crippen molar-refractivity contribution in [2.24, 2.45) is 0 Å². The zero-order valence-electron chi connectivity index (χ0n) is 7.98. The van der Waals surface area contributed by atoms with Crippen molar-refractivity contribution >= 4 is 45.2 Å². The molecule has 0 aromatic heterocycles. The fraction of sp³-hybridized carbons (Fsp3) is 0. The molecule has 0 amide bonds. The summed E-state index contributed by atoms with van der Waals surface area (Å²) in [6, 6.07) is 9.46. The van der Waals surface area contributed by atoms with E-state index in [0.29, 0.717) is 18.3 Å². The zero-order valence-corrected chi connectivity index (χ0v) is 12.3. The lowest BCUT2D eigenvalue weighted by atomic mass is 10.0. The van der Waals surface area contributed by atoms with Gasteiger partial charge < -0.3 is 0 Å². The molecule has 0 nitrogen and oxygen atoms in total. The molecule has 0 saturated carbocycles. The van der Waals surface area contributed by atoms with Gasteiger partial charge >= 0.3 is 0 Å². The van der Waals surface area contributed by atoms with Gasteiger partial charge in [-0.2, -0.15) is 0 Å². The quantitative estimate of drug-likeness (QED) is 0.555. The van der Waals surface area contributed by atoms with Gasteiger partial charge in [-0.15, -0.1) is 0 Å².